The van der Waals surface area contributed by atoms with E-state index in [1.54, 1.807) is 0 Å². The van der Waals surface area contributed by atoms with Crippen LogP contribution in [0, 0.1) is 0 Å². The zero-order valence-electron chi connectivity index (χ0n) is 24.6. The zero-order valence-corrected chi connectivity index (χ0v) is 24.6. The molecule has 2 N–H and O–H groups in total. The Labute approximate surface area is 224 Å². The van der Waals surface area contributed by atoms with Gasteiger partial charge in [0.2, 0.25) is 0 Å². The number of nitrogens with zero attached hydrogens (tertiary/aromatic N) is 1. The lowest BCUT2D eigenvalue weighted by Gasteiger charge is -2.28. The fraction of sp³-hybridized carbons (Fsp3) is 0.935. The molecule has 0 bridgehead atoms. The number of imide groups is 1. The Morgan fingerprint density at radius 1 is 0.639 bits per heavy atom. The highest BCUT2D eigenvalue weighted by Crippen LogP contribution is 2.30. The summed E-state index contributed by atoms with van der Waals surface area (Å²) in [6.07, 6.45) is 27.1. The van der Waals surface area contributed by atoms with E-state index in [0.29, 0.717) is 0 Å². The maximum atomic E-state index is 13.3. The second-order valence-corrected chi connectivity index (χ2v) is 11.3. The minimum Gasteiger partial charge on any atom is -0.323 e. The average Bonchev–Trinajstić information content (AvgIpc) is 3.12. The maximum Gasteiger partial charge on any atom is 0.326 e. The number of carbonyl (C=O) groups is 2. The molecular formula is C31H61N3O2. The van der Waals surface area contributed by atoms with E-state index in [1.807, 2.05) is 6.92 Å². The smallest absolute Gasteiger partial charge is 0.323 e. The van der Waals surface area contributed by atoms with Gasteiger partial charge in [0.05, 0.1) is 6.17 Å². The standard InChI is InChI=1S/C31H61N3O2/c1-5-8-11-12-13-14-15-16-17-18-19-20-21-22-23-24-27-32-28(4)34-29(35)31(25-9-6-2,26-10-7-3)33-30(34)36/h28,32H,5-27H2,1-4H3,(H,33,36). The first-order valence-electron chi connectivity index (χ1n) is 15.9. The van der Waals surface area contributed by atoms with Crippen LogP contribution in [0.5, 0.6) is 0 Å². The molecule has 0 aliphatic carbocycles. The van der Waals surface area contributed by atoms with Gasteiger partial charge in [0.25, 0.3) is 5.91 Å². The van der Waals surface area contributed by atoms with Gasteiger partial charge >= 0.3 is 6.03 Å². The molecular weight excluding hydrogens is 446 g/mol. The van der Waals surface area contributed by atoms with E-state index in [4.69, 9.17) is 0 Å². The third kappa shape index (κ3) is 12.9. The predicted molar refractivity (Wildman–Crippen MR) is 154 cm³/mol. The van der Waals surface area contributed by atoms with Crippen LogP contribution in [0.25, 0.3) is 0 Å². The van der Waals surface area contributed by atoms with Crippen molar-refractivity contribution >= 4 is 11.9 Å². The SMILES string of the molecule is CCCCCCCCCCCCCCCCCCNC(C)N1C(=O)NC(CCCC)(CCCC)C1=O. The van der Waals surface area contributed by atoms with Crippen molar-refractivity contribution in [1.82, 2.24) is 15.5 Å². The van der Waals surface area contributed by atoms with E-state index in [9.17, 15) is 9.59 Å². The number of hydrogen-bond acceptors (Lipinski definition) is 3. The first kappa shape index (κ1) is 32.9. The van der Waals surface area contributed by atoms with Gasteiger partial charge in [-0.3, -0.25) is 10.1 Å². The first-order chi connectivity index (χ1) is 17.5. The molecule has 0 radical (unpaired) electrons. The number of hydrogen-bond donors (Lipinski definition) is 2. The quantitative estimate of drug-likeness (QED) is 0.0958. The van der Waals surface area contributed by atoms with Crippen LogP contribution in [0.2, 0.25) is 0 Å². The fourth-order valence-corrected chi connectivity index (χ4v) is 5.49. The van der Waals surface area contributed by atoms with Crippen molar-refractivity contribution in [2.75, 3.05) is 6.54 Å². The molecule has 1 aliphatic heterocycles. The van der Waals surface area contributed by atoms with Gasteiger partial charge in [-0.25, -0.2) is 9.69 Å². The monoisotopic (exact) mass is 507 g/mol. The third-order valence-electron chi connectivity index (χ3n) is 7.96. The normalized spacial score (nSPS) is 16.1. The molecule has 1 rings (SSSR count). The van der Waals surface area contributed by atoms with Crippen molar-refractivity contribution in [3.63, 3.8) is 0 Å². The Morgan fingerprint density at radius 3 is 1.44 bits per heavy atom. The summed E-state index contributed by atoms with van der Waals surface area (Å²) in [7, 11) is 0. The summed E-state index contributed by atoms with van der Waals surface area (Å²) in [5.74, 6) is -0.0265. The lowest BCUT2D eigenvalue weighted by Crippen LogP contribution is -2.50. The van der Waals surface area contributed by atoms with Crippen molar-refractivity contribution in [1.29, 1.82) is 0 Å². The number of unbranched alkanes of at least 4 members (excludes halogenated alkanes) is 17. The van der Waals surface area contributed by atoms with E-state index in [-0.39, 0.29) is 18.1 Å². The van der Waals surface area contributed by atoms with Crippen molar-refractivity contribution in [3.8, 4) is 0 Å². The van der Waals surface area contributed by atoms with Crippen LogP contribution in [0.1, 0.15) is 169 Å². The van der Waals surface area contributed by atoms with Gasteiger partial charge in [0, 0.05) is 0 Å². The molecule has 36 heavy (non-hydrogen) atoms. The molecule has 1 aliphatic rings. The summed E-state index contributed by atoms with van der Waals surface area (Å²) in [4.78, 5) is 27.4. The molecule has 5 heteroatoms. The van der Waals surface area contributed by atoms with E-state index in [2.05, 4.69) is 31.4 Å². The van der Waals surface area contributed by atoms with Gasteiger partial charge in [-0.15, -0.1) is 0 Å². The molecule has 1 heterocycles. The van der Waals surface area contributed by atoms with Crippen molar-refractivity contribution in [2.45, 2.75) is 181 Å². The molecule has 0 aromatic carbocycles. The maximum absolute atomic E-state index is 13.3. The number of nitrogens with one attached hydrogen (secondary N) is 2. The number of urea groups is 1. The Morgan fingerprint density at radius 2 is 1.03 bits per heavy atom. The molecule has 5 nitrogen and oxygen atoms in total. The van der Waals surface area contributed by atoms with Crippen LogP contribution in [-0.2, 0) is 4.79 Å². The van der Waals surface area contributed by atoms with Gasteiger partial charge in [0.1, 0.15) is 5.54 Å². The average molecular weight is 508 g/mol. The van der Waals surface area contributed by atoms with Crippen LogP contribution >= 0.6 is 0 Å². The Bertz CT molecular complexity index is 558. The van der Waals surface area contributed by atoms with E-state index in [1.165, 1.54) is 101 Å². The number of amides is 3. The van der Waals surface area contributed by atoms with Gasteiger partial charge in [0.15, 0.2) is 0 Å². The van der Waals surface area contributed by atoms with Gasteiger partial charge < -0.3 is 5.32 Å². The minimum atomic E-state index is -0.687. The van der Waals surface area contributed by atoms with E-state index >= 15 is 0 Å². The molecule has 3 amide bonds. The van der Waals surface area contributed by atoms with Crippen LogP contribution in [-0.4, -0.2) is 35.1 Å². The summed E-state index contributed by atoms with van der Waals surface area (Å²) < 4.78 is 0. The lowest BCUT2D eigenvalue weighted by atomic mass is 9.87. The van der Waals surface area contributed by atoms with Crippen LogP contribution < -0.4 is 10.6 Å². The molecule has 0 saturated carbocycles. The summed E-state index contributed by atoms with van der Waals surface area (Å²) in [5.41, 5.74) is -0.687. The van der Waals surface area contributed by atoms with Gasteiger partial charge in [-0.2, -0.15) is 0 Å². The molecule has 212 valence electrons. The van der Waals surface area contributed by atoms with E-state index < -0.39 is 5.54 Å². The Kier molecular flexibility index (Phi) is 19.1. The summed E-state index contributed by atoms with van der Waals surface area (Å²) >= 11 is 0. The largest absolute Gasteiger partial charge is 0.326 e. The molecule has 1 fully saturated rings. The van der Waals surface area contributed by atoms with Gasteiger partial charge in [-0.1, -0.05) is 143 Å². The second kappa shape index (κ2) is 20.9. The summed E-state index contributed by atoms with van der Waals surface area (Å²) in [5, 5.41) is 6.50. The molecule has 0 aromatic heterocycles. The molecule has 1 unspecified atom stereocenters. The minimum absolute atomic E-state index is 0.0265. The van der Waals surface area contributed by atoms with Crippen molar-refractivity contribution in [2.24, 2.45) is 0 Å². The molecule has 0 aromatic rings. The molecule has 0 spiro atoms. The number of carbonyl (C=O) groups excluding carboxylic acids is 2. The van der Waals surface area contributed by atoms with Crippen molar-refractivity contribution < 1.29 is 9.59 Å². The third-order valence-corrected chi connectivity index (χ3v) is 7.96. The highest BCUT2D eigenvalue weighted by atomic mass is 16.2. The predicted octanol–water partition coefficient (Wildman–Crippen LogP) is 8.85. The summed E-state index contributed by atoms with van der Waals surface area (Å²) in [6, 6.07) is -0.223. The van der Waals surface area contributed by atoms with E-state index in [0.717, 1.165) is 51.5 Å². The first-order valence-corrected chi connectivity index (χ1v) is 15.9. The summed E-state index contributed by atoms with van der Waals surface area (Å²) in [6.45, 7) is 9.35. The highest BCUT2D eigenvalue weighted by molar-refractivity contribution is 6.07. The molecule has 1 atom stereocenters. The Hall–Kier alpha value is -1.10. The highest BCUT2D eigenvalue weighted by Gasteiger charge is 2.51. The zero-order chi connectivity index (χ0) is 26.5. The van der Waals surface area contributed by atoms with Crippen LogP contribution in [0.15, 0.2) is 0 Å². The molecule has 1 saturated heterocycles. The number of rotatable bonds is 25. The second-order valence-electron chi connectivity index (χ2n) is 11.3. The fourth-order valence-electron chi connectivity index (χ4n) is 5.49. The topological polar surface area (TPSA) is 61.4 Å². The lowest BCUT2D eigenvalue weighted by molar-refractivity contribution is -0.133. The Balaban J connectivity index is 2.08. The van der Waals surface area contributed by atoms with Gasteiger partial charge in [-0.05, 0) is 32.7 Å². The van der Waals surface area contributed by atoms with Crippen LogP contribution in [0.3, 0.4) is 0 Å². The van der Waals surface area contributed by atoms with Crippen molar-refractivity contribution in [3.05, 3.63) is 0 Å². The van der Waals surface area contributed by atoms with Crippen LogP contribution in [0.4, 0.5) is 4.79 Å².